The summed E-state index contributed by atoms with van der Waals surface area (Å²) in [5, 5.41) is 3.95. The zero-order chi connectivity index (χ0) is 31.6. The van der Waals surface area contributed by atoms with Crippen LogP contribution in [-0.4, -0.2) is 61.3 Å². The number of rotatable bonds is 6. The van der Waals surface area contributed by atoms with Gasteiger partial charge in [0.2, 0.25) is 5.91 Å². The number of aromatic nitrogens is 3. The van der Waals surface area contributed by atoms with Crippen molar-refractivity contribution in [2.45, 2.75) is 96.9 Å². The third kappa shape index (κ3) is 7.59. The van der Waals surface area contributed by atoms with Crippen molar-refractivity contribution in [3.05, 3.63) is 66.1 Å². The van der Waals surface area contributed by atoms with Gasteiger partial charge in [-0.2, -0.15) is 0 Å². The van der Waals surface area contributed by atoms with Crippen LogP contribution in [0.25, 0.3) is 21.9 Å². The van der Waals surface area contributed by atoms with Crippen molar-refractivity contribution in [1.82, 2.24) is 24.8 Å². The van der Waals surface area contributed by atoms with E-state index in [1.807, 2.05) is 54.6 Å². The molecule has 4 aromatic rings. The van der Waals surface area contributed by atoms with Crippen molar-refractivity contribution < 1.29 is 23.9 Å². The zero-order valence-electron chi connectivity index (χ0n) is 26.5. The fraction of sp³-hybridized carbons (Fsp3) is 0.471. The van der Waals surface area contributed by atoms with Crippen LogP contribution in [0.4, 0.5) is 9.59 Å². The molecule has 2 aromatic heterocycles. The summed E-state index contributed by atoms with van der Waals surface area (Å²) in [5.74, 6) is 1.03. The van der Waals surface area contributed by atoms with Gasteiger partial charge in [0, 0.05) is 23.0 Å². The summed E-state index contributed by atoms with van der Waals surface area (Å²) in [6, 6.07) is 17.3. The number of carbonyl (C=O) groups is 3. The average molecular weight is 602 g/mol. The summed E-state index contributed by atoms with van der Waals surface area (Å²) in [7, 11) is 0. The van der Waals surface area contributed by atoms with E-state index in [0.717, 1.165) is 47.9 Å². The minimum Gasteiger partial charge on any atom is -0.444 e. The standard InChI is InChI=1S/C34H43N5O5/c1-33(2,3)43-31(41)38(20-25-19-23-11-7-10-14-28(23)39(25)32(42)44-34(4,5)6)21-29(40)35-24-17-15-22(16-18-24)30-36-26-12-8-9-13-27(26)37-30/h7-14,19,22,24H,15-18,20-21H2,1-6H3,(H,35,40)(H,36,37). The molecule has 0 bridgehead atoms. The molecule has 0 saturated heterocycles. The highest BCUT2D eigenvalue weighted by atomic mass is 16.6. The number of benzene rings is 2. The Morgan fingerprint density at radius 2 is 1.59 bits per heavy atom. The van der Waals surface area contributed by atoms with Crippen molar-refractivity contribution in [3.63, 3.8) is 0 Å². The first-order valence-corrected chi connectivity index (χ1v) is 15.3. The summed E-state index contributed by atoms with van der Waals surface area (Å²) >= 11 is 0. The molecule has 44 heavy (non-hydrogen) atoms. The molecule has 0 spiro atoms. The Morgan fingerprint density at radius 1 is 0.932 bits per heavy atom. The van der Waals surface area contributed by atoms with Crippen molar-refractivity contribution in [2.24, 2.45) is 0 Å². The molecule has 1 fully saturated rings. The normalized spacial score (nSPS) is 17.4. The van der Waals surface area contributed by atoms with Crippen molar-refractivity contribution in [2.75, 3.05) is 6.54 Å². The lowest BCUT2D eigenvalue weighted by atomic mass is 9.85. The van der Waals surface area contributed by atoms with Gasteiger partial charge in [0.05, 0.1) is 23.1 Å². The Balaban J connectivity index is 1.29. The number of ether oxygens (including phenoxy) is 2. The van der Waals surface area contributed by atoms with Gasteiger partial charge < -0.3 is 19.8 Å². The smallest absolute Gasteiger partial charge is 0.419 e. The first-order valence-electron chi connectivity index (χ1n) is 15.3. The van der Waals surface area contributed by atoms with Gasteiger partial charge in [0.1, 0.15) is 23.6 Å². The van der Waals surface area contributed by atoms with Gasteiger partial charge in [-0.3, -0.25) is 9.69 Å². The number of fused-ring (bicyclic) bond motifs is 2. The molecule has 1 aliphatic carbocycles. The van der Waals surface area contributed by atoms with Gasteiger partial charge in [-0.15, -0.1) is 0 Å². The molecule has 1 aliphatic rings. The maximum Gasteiger partial charge on any atom is 0.419 e. The molecule has 5 rings (SSSR count). The molecule has 0 atom stereocenters. The number of carbonyl (C=O) groups excluding carboxylic acids is 3. The van der Waals surface area contributed by atoms with Crippen LogP contribution in [0.15, 0.2) is 54.6 Å². The molecule has 2 amide bonds. The molecule has 2 heterocycles. The number of hydrogen-bond acceptors (Lipinski definition) is 6. The maximum absolute atomic E-state index is 13.4. The van der Waals surface area contributed by atoms with Gasteiger partial charge in [-0.1, -0.05) is 30.3 Å². The third-order valence-electron chi connectivity index (χ3n) is 7.59. The maximum atomic E-state index is 13.4. The Hall–Kier alpha value is -4.34. The van der Waals surface area contributed by atoms with E-state index < -0.39 is 23.4 Å². The highest BCUT2D eigenvalue weighted by molar-refractivity contribution is 5.91. The highest BCUT2D eigenvalue weighted by Gasteiger charge is 2.30. The van der Waals surface area contributed by atoms with E-state index in [2.05, 4.69) is 10.3 Å². The molecule has 0 radical (unpaired) electrons. The van der Waals surface area contributed by atoms with E-state index in [9.17, 15) is 14.4 Å². The first kappa shape index (κ1) is 31.1. The Kier molecular flexibility index (Phi) is 8.72. The van der Waals surface area contributed by atoms with E-state index in [-0.39, 0.29) is 25.0 Å². The van der Waals surface area contributed by atoms with Crippen molar-refractivity contribution in [3.8, 4) is 0 Å². The number of aromatic amines is 1. The fourth-order valence-corrected chi connectivity index (χ4v) is 5.68. The van der Waals surface area contributed by atoms with Crippen LogP contribution in [0, 0.1) is 0 Å². The number of amides is 2. The molecule has 10 heteroatoms. The minimum atomic E-state index is -0.765. The molecule has 0 unspecified atom stereocenters. The molecule has 234 valence electrons. The Morgan fingerprint density at radius 3 is 2.27 bits per heavy atom. The van der Waals surface area contributed by atoms with E-state index in [4.69, 9.17) is 14.5 Å². The van der Waals surface area contributed by atoms with Gasteiger partial charge in [0.25, 0.3) is 0 Å². The predicted molar refractivity (Wildman–Crippen MR) is 169 cm³/mol. The second kappa shape index (κ2) is 12.3. The molecule has 0 aliphatic heterocycles. The lowest BCUT2D eigenvalue weighted by molar-refractivity contribution is -0.123. The van der Waals surface area contributed by atoms with Crippen LogP contribution in [0.5, 0.6) is 0 Å². The quantitative estimate of drug-likeness (QED) is 0.249. The molecular weight excluding hydrogens is 558 g/mol. The van der Waals surface area contributed by atoms with Gasteiger partial charge >= 0.3 is 12.2 Å². The van der Waals surface area contributed by atoms with Crippen LogP contribution in [-0.2, 0) is 20.8 Å². The Bertz CT molecular complexity index is 1620. The Labute approximate surface area is 258 Å². The lowest BCUT2D eigenvalue weighted by Gasteiger charge is -2.30. The van der Waals surface area contributed by atoms with Gasteiger partial charge in [-0.05, 0) is 91.5 Å². The van der Waals surface area contributed by atoms with E-state index in [1.54, 1.807) is 41.5 Å². The zero-order valence-corrected chi connectivity index (χ0v) is 26.5. The van der Waals surface area contributed by atoms with Crippen molar-refractivity contribution >= 4 is 40.0 Å². The topological polar surface area (TPSA) is 119 Å². The molecule has 10 nitrogen and oxygen atoms in total. The largest absolute Gasteiger partial charge is 0.444 e. The molecule has 2 aromatic carbocycles. The number of imidazole rings is 1. The molecule has 1 saturated carbocycles. The molecule has 2 N–H and O–H groups in total. The highest BCUT2D eigenvalue weighted by Crippen LogP contribution is 2.32. The van der Waals surface area contributed by atoms with Crippen LogP contribution in [0.3, 0.4) is 0 Å². The summed E-state index contributed by atoms with van der Waals surface area (Å²) in [6.07, 6.45) is 2.23. The monoisotopic (exact) mass is 601 g/mol. The van der Waals surface area contributed by atoms with Crippen molar-refractivity contribution in [1.29, 1.82) is 0 Å². The predicted octanol–water partition coefficient (Wildman–Crippen LogP) is 6.88. The third-order valence-corrected chi connectivity index (χ3v) is 7.59. The number of hydrogen-bond donors (Lipinski definition) is 2. The summed E-state index contributed by atoms with van der Waals surface area (Å²) < 4.78 is 12.8. The minimum absolute atomic E-state index is 0.00294. The summed E-state index contributed by atoms with van der Waals surface area (Å²) in [5.41, 5.74) is 1.70. The van der Waals surface area contributed by atoms with Gasteiger partial charge in [-0.25, -0.2) is 19.1 Å². The second-order valence-electron chi connectivity index (χ2n) is 13.6. The van der Waals surface area contributed by atoms with Crippen LogP contribution in [0.2, 0.25) is 0 Å². The van der Waals surface area contributed by atoms with E-state index >= 15 is 0 Å². The fourth-order valence-electron chi connectivity index (χ4n) is 5.68. The number of nitrogens with one attached hydrogen (secondary N) is 2. The first-order chi connectivity index (χ1) is 20.8. The van der Waals surface area contributed by atoms with Crippen LogP contribution >= 0.6 is 0 Å². The van der Waals surface area contributed by atoms with E-state index in [0.29, 0.717) is 17.1 Å². The number of para-hydroxylation sites is 3. The number of H-pyrrole nitrogens is 1. The second-order valence-corrected chi connectivity index (χ2v) is 13.6. The van der Waals surface area contributed by atoms with E-state index in [1.165, 1.54) is 9.47 Å². The summed E-state index contributed by atoms with van der Waals surface area (Å²) in [6.45, 7) is 10.5. The average Bonchev–Trinajstić information content (AvgIpc) is 3.52. The van der Waals surface area contributed by atoms with Crippen LogP contribution < -0.4 is 5.32 Å². The lowest BCUT2D eigenvalue weighted by Crippen LogP contribution is -2.46. The van der Waals surface area contributed by atoms with Gasteiger partial charge in [0.15, 0.2) is 0 Å². The van der Waals surface area contributed by atoms with Crippen LogP contribution in [0.1, 0.15) is 84.7 Å². The SMILES string of the molecule is CC(C)(C)OC(=O)N(CC(=O)NC1CCC(c2nc3ccccc3[nH]2)CC1)Cc1cc2ccccc2n1C(=O)OC(C)(C)C. The summed E-state index contributed by atoms with van der Waals surface area (Å²) in [4.78, 5) is 49.6. The molecular formula is C34H43N5O5. The number of nitrogens with zero attached hydrogens (tertiary/aromatic N) is 3.